The third-order valence-corrected chi connectivity index (χ3v) is 7.46. The number of fused-ring (bicyclic) bond motifs is 3. The molecule has 0 fully saturated rings. The van der Waals surface area contributed by atoms with Crippen LogP contribution in [-0.4, -0.2) is 15.0 Å². The standard InChI is InChI=1S/C45H29N3/c1-3-12-35-28-39(25-21-30(35)9-1)44-46-43(47-45(48-44)40-26-22-31-10-2-4-13-36(31)29-40)38-16-7-15-37(27-38)32-19-23-34(24-20-32)42-18-8-14-33-11-5-6-17-41(33)42/h1-29H/i1D,3D,5D,6D,8D,9D,11D,12D,14D,15D,16D,17D,18D,19D,20D,21D,23D,24D,25D,27D,28D. The number of benzene rings is 8. The van der Waals surface area contributed by atoms with Gasteiger partial charge in [0.25, 0.3) is 0 Å². The molecule has 0 atom stereocenters. The minimum atomic E-state index is -0.895. The molecule has 9 aromatic rings. The summed E-state index contributed by atoms with van der Waals surface area (Å²) in [6.07, 6.45) is 0. The topological polar surface area (TPSA) is 38.7 Å². The SMILES string of the molecule is [2H]c1cc([2H])c(-c2c([2H])c([2H])c(-c3c([2H])c([2H])c([2H])c4c([2H])c([2H])c([2H])c([2H])c34)c([2H])c2[2H])c([2H])c1-c1nc(-c2ccc3ccccc3c2)nc(-c2c([2H])c([2H])c3c([2H])c([2H])c([2H])c([2H])c3c2[2H])n1. The zero-order valence-corrected chi connectivity index (χ0v) is 24.5. The zero-order chi connectivity index (χ0) is 50.1. The summed E-state index contributed by atoms with van der Waals surface area (Å²) in [4.78, 5) is 13.7. The Balaban J connectivity index is 1.34. The highest BCUT2D eigenvalue weighted by Gasteiger charge is 2.14. The Morgan fingerprint density at radius 1 is 0.354 bits per heavy atom. The summed E-state index contributed by atoms with van der Waals surface area (Å²) >= 11 is 0. The van der Waals surface area contributed by atoms with Crippen LogP contribution in [0.4, 0.5) is 0 Å². The van der Waals surface area contributed by atoms with Crippen LogP contribution in [-0.2, 0) is 0 Å². The minimum absolute atomic E-state index is 0.145. The molecule has 0 aliphatic carbocycles. The molecule has 0 saturated carbocycles. The van der Waals surface area contributed by atoms with Crippen molar-refractivity contribution in [1.29, 1.82) is 0 Å². The van der Waals surface area contributed by atoms with Gasteiger partial charge in [0.05, 0.1) is 28.8 Å². The molecular weight excluding hydrogens is 583 g/mol. The van der Waals surface area contributed by atoms with Gasteiger partial charge < -0.3 is 0 Å². The fraction of sp³-hybridized carbons (Fsp3) is 0. The molecule has 9 rings (SSSR count). The molecule has 1 aromatic heterocycles. The van der Waals surface area contributed by atoms with Gasteiger partial charge in [0.1, 0.15) is 0 Å². The van der Waals surface area contributed by atoms with Crippen molar-refractivity contribution in [3.8, 4) is 56.4 Å². The van der Waals surface area contributed by atoms with Crippen molar-refractivity contribution in [1.82, 2.24) is 15.0 Å². The normalized spacial score (nSPS) is 17.5. The molecule has 1 heterocycles. The second-order valence-corrected chi connectivity index (χ2v) is 10.4. The second kappa shape index (κ2) is 11.7. The lowest BCUT2D eigenvalue weighted by Gasteiger charge is -2.11. The van der Waals surface area contributed by atoms with Crippen LogP contribution in [0.3, 0.4) is 0 Å². The van der Waals surface area contributed by atoms with Gasteiger partial charge in [-0.25, -0.2) is 15.0 Å². The fourth-order valence-electron chi connectivity index (χ4n) is 5.15. The predicted octanol–water partition coefficient (Wildman–Crippen LogP) is 11.7. The maximum atomic E-state index is 9.55. The Labute approximate surface area is 308 Å². The van der Waals surface area contributed by atoms with Crippen molar-refractivity contribution in [2.24, 2.45) is 0 Å². The van der Waals surface area contributed by atoms with Crippen LogP contribution in [0, 0.1) is 0 Å². The van der Waals surface area contributed by atoms with Crippen LogP contribution in [0.15, 0.2) is 175 Å². The number of aromatic nitrogens is 3. The van der Waals surface area contributed by atoms with E-state index in [1.54, 1.807) is 24.3 Å². The van der Waals surface area contributed by atoms with Gasteiger partial charge in [0.2, 0.25) is 0 Å². The van der Waals surface area contributed by atoms with Crippen LogP contribution in [0.25, 0.3) is 88.7 Å². The van der Waals surface area contributed by atoms with Gasteiger partial charge in [-0.1, -0.05) is 157 Å². The van der Waals surface area contributed by atoms with Crippen molar-refractivity contribution in [2.45, 2.75) is 0 Å². The molecule has 0 aliphatic rings. The van der Waals surface area contributed by atoms with E-state index in [0.29, 0.717) is 5.56 Å². The summed E-state index contributed by atoms with van der Waals surface area (Å²) in [5, 5.41) is -0.218. The molecule has 0 spiro atoms. The lowest BCUT2D eigenvalue weighted by molar-refractivity contribution is 1.08. The van der Waals surface area contributed by atoms with Crippen LogP contribution in [0.1, 0.15) is 28.8 Å². The van der Waals surface area contributed by atoms with Crippen LogP contribution >= 0.6 is 0 Å². The minimum Gasteiger partial charge on any atom is -0.208 e. The van der Waals surface area contributed by atoms with Gasteiger partial charge in [-0.2, -0.15) is 0 Å². The third kappa shape index (κ3) is 5.18. The van der Waals surface area contributed by atoms with Crippen LogP contribution in [0.5, 0.6) is 0 Å². The van der Waals surface area contributed by atoms with Crippen molar-refractivity contribution >= 4 is 32.3 Å². The lowest BCUT2D eigenvalue weighted by Crippen LogP contribution is -2.00. The number of nitrogens with zero attached hydrogens (tertiary/aromatic N) is 3. The fourth-order valence-corrected chi connectivity index (χ4v) is 5.15. The highest BCUT2D eigenvalue weighted by molar-refractivity contribution is 5.97. The van der Waals surface area contributed by atoms with Crippen LogP contribution in [0.2, 0.25) is 0 Å². The van der Waals surface area contributed by atoms with Crippen molar-refractivity contribution in [2.75, 3.05) is 0 Å². The molecule has 8 aromatic carbocycles. The molecule has 3 heteroatoms. The lowest BCUT2D eigenvalue weighted by atomic mass is 9.96. The first-order valence-corrected chi connectivity index (χ1v) is 14.5. The zero-order valence-electron chi connectivity index (χ0n) is 45.5. The van der Waals surface area contributed by atoms with Gasteiger partial charge >= 0.3 is 0 Å². The van der Waals surface area contributed by atoms with Crippen molar-refractivity contribution in [3.05, 3.63) is 175 Å². The summed E-state index contributed by atoms with van der Waals surface area (Å²) < 4.78 is 185. The molecule has 0 saturated heterocycles. The molecule has 0 unspecified atom stereocenters. The molecule has 0 bridgehead atoms. The Kier molecular flexibility index (Phi) is 3.35. The van der Waals surface area contributed by atoms with E-state index < -0.39 is 193 Å². The molecule has 0 amide bonds. The number of rotatable bonds is 5. The first-order valence-electron chi connectivity index (χ1n) is 25.0. The Morgan fingerprint density at radius 3 is 1.81 bits per heavy atom. The molecule has 0 N–H and O–H groups in total. The van der Waals surface area contributed by atoms with Gasteiger partial charge in [-0.3, -0.25) is 0 Å². The van der Waals surface area contributed by atoms with Gasteiger partial charge in [0, 0.05) is 16.7 Å². The summed E-state index contributed by atoms with van der Waals surface area (Å²) in [7, 11) is 0. The number of hydrogen-bond donors (Lipinski definition) is 0. The maximum Gasteiger partial charge on any atom is 0.164 e. The van der Waals surface area contributed by atoms with Crippen LogP contribution < -0.4 is 0 Å². The Morgan fingerprint density at radius 2 is 0.979 bits per heavy atom. The molecule has 0 radical (unpaired) electrons. The quantitative estimate of drug-likeness (QED) is 0.189. The van der Waals surface area contributed by atoms with E-state index in [1.807, 2.05) is 18.2 Å². The van der Waals surface area contributed by atoms with Gasteiger partial charge in [-0.05, 0) is 72.7 Å². The molecule has 3 nitrogen and oxygen atoms in total. The predicted molar refractivity (Wildman–Crippen MR) is 200 cm³/mol. The average Bonchev–Trinajstić information content (AvgIpc) is 3.32. The molecule has 48 heavy (non-hydrogen) atoms. The van der Waals surface area contributed by atoms with Gasteiger partial charge in [0.15, 0.2) is 17.5 Å². The van der Waals surface area contributed by atoms with E-state index in [-0.39, 0.29) is 5.82 Å². The second-order valence-electron chi connectivity index (χ2n) is 10.4. The van der Waals surface area contributed by atoms with Crippen molar-refractivity contribution < 1.29 is 28.8 Å². The van der Waals surface area contributed by atoms with Gasteiger partial charge in [-0.15, -0.1) is 0 Å². The van der Waals surface area contributed by atoms with E-state index in [4.69, 9.17) is 20.6 Å². The third-order valence-electron chi connectivity index (χ3n) is 7.46. The van der Waals surface area contributed by atoms with E-state index in [1.165, 1.54) is 0 Å². The summed E-state index contributed by atoms with van der Waals surface area (Å²) in [6, 6.07) is -2.26. The van der Waals surface area contributed by atoms with E-state index >= 15 is 0 Å². The largest absolute Gasteiger partial charge is 0.208 e. The van der Waals surface area contributed by atoms with E-state index in [2.05, 4.69) is 15.0 Å². The molecule has 0 aliphatic heterocycles. The van der Waals surface area contributed by atoms with E-state index in [9.17, 15) is 8.22 Å². The number of hydrogen-bond acceptors (Lipinski definition) is 3. The summed E-state index contributed by atoms with van der Waals surface area (Å²) in [5.41, 5.74) is -3.03. The smallest absolute Gasteiger partial charge is 0.164 e. The molecule has 224 valence electrons. The highest BCUT2D eigenvalue weighted by atomic mass is 15.0. The first-order chi connectivity index (χ1) is 32.5. The average molecular weight is 633 g/mol. The van der Waals surface area contributed by atoms with E-state index in [0.717, 1.165) is 16.8 Å². The molecular formula is C45H29N3. The first kappa shape index (κ1) is 13.7. The Bertz CT molecular complexity index is 3780. The maximum absolute atomic E-state index is 9.55. The Hall–Kier alpha value is -6.45. The monoisotopic (exact) mass is 632 g/mol. The summed E-state index contributed by atoms with van der Waals surface area (Å²) in [5.74, 6) is -1.10. The van der Waals surface area contributed by atoms with Crippen molar-refractivity contribution in [3.63, 3.8) is 0 Å². The highest BCUT2D eigenvalue weighted by Crippen LogP contribution is 2.33. The summed E-state index contributed by atoms with van der Waals surface area (Å²) in [6.45, 7) is 0.